The van der Waals surface area contributed by atoms with Gasteiger partial charge in [-0.3, -0.25) is 0 Å². The maximum absolute atomic E-state index is 5.94. The highest BCUT2D eigenvalue weighted by Crippen LogP contribution is 2.32. The van der Waals surface area contributed by atoms with Crippen LogP contribution < -0.4 is 5.73 Å². The van der Waals surface area contributed by atoms with Crippen molar-refractivity contribution in [1.82, 2.24) is 10.1 Å². The lowest BCUT2D eigenvalue weighted by Crippen LogP contribution is -2.25. The molecule has 1 heterocycles. The quantitative estimate of drug-likeness (QED) is 0.930. The first-order valence-corrected chi connectivity index (χ1v) is 7.83. The third-order valence-corrected chi connectivity index (χ3v) is 4.40. The van der Waals surface area contributed by atoms with Crippen LogP contribution in [-0.2, 0) is 0 Å². The lowest BCUT2D eigenvalue weighted by Gasteiger charge is -2.22. The van der Waals surface area contributed by atoms with Gasteiger partial charge in [-0.05, 0) is 37.2 Å². The molecular formula is C17H23N3O. The summed E-state index contributed by atoms with van der Waals surface area (Å²) in [6.45, 7) is 4.38. The molecule has 0 radical (unpaired) electrons. The first-order valence-electron chi connectivity index (χ1n) is 7.83. The van der Waals surface area contributed by atoms with Crippen molar-refractivity contribution >= 4 is 0 Å². The molecule has 1 fully saturated rings. The molecule has 1 aliphatic rings. The maximum Gasteiger partial charge on any atom is 0.230 e. The number of hydrogen-bond acceptors (Lipinski definition) is 4. The second-order valence-electron chi connectivity index (χ2n) is 6.34. The Morgan fingerprint density at radius 3 is 2.38 bits per heavy atom. The van der Waals surface area contributed by atoms with Crippen molar-refractivity contribution < 1.29 is 4.52 Å². The summed E-state index contributed by atoms with van der Waals surface area (Å²) in [5.41, 5.74) is 8.28. The molecule has 1 aromatic heterocycles. The fourth-order valence-electron chi connectivity index (χ4n) is 2.90. The molecule has 1 aliphatic carbocycles. The molecular weight excluding hydrogens is 262 g/mol. The average Bonchev–Trinajstić information content (AvgIpc) is 2.98. The van der Waals surface area contributed by atoms with E-state index in [4.69, 9.17) is 10.3 Å². The number of nitrogens with two attached hydrogens (primary N) is 1. The molecule has 0 aliphatic heterocycles. The summed E-state index contributed by atoms with van der Waals surface area (Å²) in [6, 6.07) is 8.75. The van der Waals surface area contributed by atoms with Gasteiger partial charge in [-0.15, -0.1) is 0 Å². The topological polar surface area (TPSA) is 64.9 Å². The molecule has 2 N–H and O–H groups in total. The van der Waals surface area contributed by atoms with Gasteiger partial charge in [0.1, 0.15) is 0 Å². The fraction of sp³-hybridized carbons (Fsp3) is 0.529. The SMILES string of the molecule is CC(C)c1ccc(-c2noc(C3CCC(N)CC3)n2)cc1. The molecule has 0 spiro atoms. The molecule has 112 valence electrons. The van der Waals surface area contributed by atoms with Crippen molar-refractivity contribution in [3.63, 3.8) is 0 Å². The molecule has 3 rings (SSSR count). The number of aromatic nitrogens is 2. The van der Waals surface area contributed by atoms with Gasteiger partial charge in [0.05, 0.1) is 0 Å². The van der Waals surface area contributed by atoms with Crippen LogP contribution in [0.15, 0.2) is 28.8 Å². The second kappa shape index (κ2) is 5.98. The van der Waals surface area contributed by atoms with Crippen molar-refractivity contribution in [2.24, 2.45) is 5.73 Å². The van der Waals surface area contributed by atoms with Crippen molar-refractivity contribution in [3.05, 3.63) is 35.7 Å². The minimum Gasteiger partial charge on any atom is -0.339 e. The predicted octanol–water partition coefficient (Wildman–Crippen LogP) is 3.84. The van der Waals surface area contributed by atoms with Crippen molar-refractivity contribution in [3.8, 4) is 11.4 Å². The molecule has 0 bridgehead atoms. The van der Waals surface area contributed by atoms with E-state index in [-0.39, 0.29) is 0 Å². The molecule has 0 amide bonds. The average molecular weight is 285 g/mol. The highest BCUT2D eigenvalue weighted by atomic mass is 16.5. The first kappa shape index (κ1) is 14.3. The Kier molecular flexibility index (Phi) is 4.06. The Morgan fingerprint density at radius 2 is 1.76 bits per heavy atom. The molecule has 1 saturated carbocycles. The van der Waals surface area contributed by atoms with Gasteiger partial charge < -0.3 is 10.3 Å². The standard InChI is InChI=1S/C17H23N3O/c1-11(2)12-3-5-13(6-4-12)16-19-17(21-20-16)14-7-9-15(18)10-8-14/h3-6,11,14-15H,7-10,18H2,1-2H3. The second-order valence-corrected chi connectivity index (χ2v) is 6.34. The van der Waals surface area contributed by atoms with E-state index in [0.29, 0.717) is 23.7 Å². The zero-order valence-corrected chi connectivity index (χ0v) is 12.7. The van der Waals surface area contributed by atoms with Crippen LogP contribution in [-0.4, -0.2) is 16.2 Å². The van der Waals surface area contributed by atoms with Crippen LogP contribution in [0.3, 0.4) is 0 Å². The Balaban J connectivity index is 1.75. The number of nitrogens with zero attached hydrogens (tertiary/aromatic N) is 2. The third-order valence-electron chi connectivity index (χ3n) is 4.40. The van der Waals surface area contributed by atoms with Gasteiger partial charge in [-0.25, -0.2) is 0 Å². The maximum atomic E-state index is 5.94. The normalized spacial score (nSPS) is 22.7. The summed E-state index contributed by atoms with van der Waals surface area (Å²) < 4.78 is 5.47. The van der Waals surface area contributed by atoms with Gasteiger partial charge >= 0.3 is 0 Å². The van der Waals surface area contributed by atoms with Crippen LogP contribution in [0.1, 0.15) is 62.8 Å². The Hall–Kier alpha value is -1.68. The lowest BCUT2D eigenvalue weighted by molar-refractivity contribution is 0.301. The largest absolute Gasteiger partial charge is 0.339 e. The Labute approximate surface area is 125 Å². The molecule has 1 aromatic carbocycles. The lowest BCUT2D eigenvalue weighted by atomic mass is 9.86. The summed E-state index contributed by atoms with van der Waals surface area (Å²) in [7, 11) is 0. The van der Waals surface area contributed by atoms with E-state index in [1.807, 2.05) is 0 Å². The number of hydrogen-bond donors (Lipinski definition) is 1. The zero-order valence-electron chi connectivity index (χ0n) is 12.7. The van der Waals surface area contributed by atoms with Crippen LogP contribution in [0.2, 0.25) is 0 Å². The van der Waals surface area contributed by atoms with Crippen LogP contribution in [0.25, 0.3) is 11.4 Å². The van der Waals surface area contributed by atoms with E-state index in [1.54, 1.807) is 0 Å². The molecule has 4 heteroatoms. The molecule has 0 unspecified atom stereocenters. The fourth-order valence-corrected chi connectivity index (χ4v) is 2.90. The van der Waals surface area contributed by atoms with E-state index < -0.39 is 0 Å². The van der Waals surface area contributed by atoms with Crippen molar-refractivity contribution in [2.45, 2.75) is 57.4 Å². The minimum atomic E-state index is 0.340. The van der Waals surface area contributed by atoms with Gasteiger partial charge in [-0.2, -0.15) is 4.98 Å². The van der Waals surface area contributed by atoms with Crippen LogP contribution >= 0.6 is 0 Å². The highest BCUT2D eigenvalue weighted by Gasteiger charge is 2.25. The Morgan fingerprint density at radius 1 is 1.10 bits per heavy atom. The molecule has 0 saturated heterocycles. The summed E-state index contributed by atoms with van der Waals surface area (Å²) in [5.74, 6) is 2.37. The highest BCUT2D eigenvalue weighted by molar-refractivity contribution is 5.54. The van der Waals surface area contributed by atoms with E-state index in [1.165, 1.54) is 5.56 Å². The summed E-state index contributed by atoms with van der Waals surface area (Å²) >= 11 is 0. The van der Waals surface area contributed by atoms with E-state index in [9.17, 15) is 0 Å². The van der Waals surface area contributed by atoms with E-state index in [0.717, 1.165) is 37.1 Å². The number of benzene rings is 1. The van der Waals surface area contributed by atoms with Crippen LogP contribution in [0.5, 0.6) is 0 Å². The van der Waals surface area contributed by atoms with Gasteiger partial charge in [0.15, 0.2) is 0 Å². The van der Waals surface area contributed by atoms with Crippen LogP contribution in [0, 0.1) is 0 Å². The van der Waals surface area contributed by atoms with Crippen LogP contribution in [0.4, 0.5) is 0 Å². The zero-order chi connectivity index (χ0) is 14.8. The minimum absolute atomic E-state index is 0.340. The van der Waals surface area contributed by atoms with E-state index >= 15 is 0 Å². The summed E-state index contributed by atoms with van der Waals surface area (Å²) in [4.78, 5) is 4.59. The third kappa shape index (κ3) is 3.16. The molecule has 2 aromatic rings. The smallest absolute Gasteiger partial charge is 0.230 e. The summed E-state index contributed by atoms with van der Waals surface area (Å²) in [5, 5.41) is 4.14. The first-order chi connectivity index (χ1) is 10.1. The Bertz CT molecular complexity index is 580. The predicted molar refractivity (Wildman–Crippen MR) is 83.0 cm³/mol. The van der Waals surface area contributed by atoms with Crippen molar-refractivity contribution in [2.75, 3.05) is 0 Å². The molecule has 0 atom stereocenters. The van der Waals surface area contributed by atoms with Crippen molar-refractivity contribution in [1.29, 1.82) is 0 Å². The van der Waals surface area contributed by atoms with Gasteiger partial charge in [-0.1, -0.05) is 43.3 Å². The van der Waals surface area contributed by atoms with Gasteiger partial charge in [0.2, 0.25) is 11.7 Å². The molecule has 4 nitrogen and oxygen atoms in total. The van der Waals surface area contributed by atoms with Gasteiger partial charge in [0.25, 0.3) is 0 Å². The number of rotatable bonds is 3. The summed E-state index contributed by atoms with van der Waals surface area (Å²) in [6.07, 6.45) is 4.20. The van der Waals surface area contributed by atoms with Gasteiger partial charge in [0, 0.05) is 17.5 Å². The monoisotopic (exact) mass is 285 g/mol. The van der Waals surface area contributed by atoms with E-state index in [2.05, 4.69) is 48.3 Å². The molecule has 21 heavy (non-hydrogen) atoms.